The molecule has 154 valence electrons. The first-order valence-electron chi connectivity index (χ1n) is 10.2. The first kappa shape index (κ1) is 19.9. The maximum atomic E-state index is 13.9. The number of esters is 1. The van der Waals surface area contributed by atoms with Gasteiger partial charge < -0.3 is 14.5 Å². The molecule has 0 spiro atoms. The number of hydrogen-bond donors (Lipinski definition) is 0. The Labute approximate surface area is 174 Å². The second-order valence-corrected chi connectivity index (χ2v) is 8.65. The SMILES string of the molecule is O=C(OCC(=O)N1CCN(c2ccccc2F)CC1)c1cc2c(s1)CCCCC2. The summed E-state index contributed by atoms with van der Waals surface area (Å²) in [5, 5.41) is 0. The molecule has 1 saturated heterocycles. The second kappa shape index (κ2) is 8.95. The standard InChI is InChI=1S/C22H25FN2O3S/c23-17-7-4-5-8-18(17)24-10-12-25(13-11-24)21(26)15-28-22(27)20-14-16-6-2-1-3-9-19(16)29-20/h4-5,7-8,14H,1-3,6,9-13,15H2. The number of halogens is 1. The second-order valence-electron chi connectivity index (χ2n) is 7.52. The fraction of sp³-hybridized carbons (Fsp3) is 0.455. The maximum Gasteiger partial charge on any atom is 0.348 e. The third-order valence-corrected chi connectivity index (χ3v) is 6.82. The highest BCUT2D eigenvalue weighted by Gasteiger charge is 2.24. The van der Waals surface area contributed by atoms with E-state index >= 15 is 0 Å². The fourth-order valence-electron chi connectivity index (χ4n) is 3.96. The van der Waals surface area contributed by atoms with Gasteiger partial charge in [-0.3, -0.25) is 4.79 Å². The number of aryl methyl sites for hydroxylation is 2. The number of anilines is 1. The Bertz CT molecular complexity index is 866. The van der Waals surface area contributed by atoms with Gasteiger partial charge in [0, 0.05) is 31.1 Å². The van der Waals surface area contributed by atoms with Gasteiger partial charge in [-0.05, 0) is 49.4 Å². The Morgan fingerprint density at radius 3 is 2.59 bits per heavy atom. The van der Waals surface area contributed by atoms with E-state index in [1.807, 2.05) is 11.0 Å². The lowest BCUT2D eigenvalue weighted by molar-refractivity contribution is -0.134. The molecule has 1 fully saturated rings. The molecule has 2 aromatic rings. The van der Waals surface area contributed by atoms with E-state index < -0.39 is 5.97 Å². The molecule has 1 aliphatic carbocycles. The van der Waals surface area contributed by atoms with Crippen molar-refractivity contribution in [2.45, 2.75) is 32.1 Å². The van der Waals surface area contributed by atoms with Crippen molar-refractivity contribution >= 4 is 28.9 Å². The van der Waals surface area contributed by atoms with Gasteiger partial charge in [-0.15, -0.1) is 11.3 Å². The minimum Gasteiger partial charge on any atom is -0.451 e. The average molecular weight is 417 g/mol. The van der Waals surface area contributed by atoms with Crippen LogP contribution in [0.5, 0.6) is 0 Å². The summed E-state index contributed by atoms with van der Waals surface area (Å²) < 4.78 is 19.2. The zero-order valence-corrected chi connectivity index (χ0v) is 17.2. The smallest absolute Gasteiger partial charge is 0.348 e. The molecule has 1 aromatic carbocycles. The molecule has 0 N–H and O–H groups in total. The van der Waals surface area contributed by atoms with Crippen molar-refractivity contribution in [2.24, 2.45) is 0 Å². The van der Waals surface area contributed by atoms with Crippen molar-refractivity contribution in [3.05, 3.63) is 51.5 Å². The zero-order valence-electron chi connectivity index (χ0n) is 16.4. The van der Waals surface area contributed by atoms with Gasteiger partial charge in [0.15, 0.2) is 6.61 Å². The average Bonchev–Trinajstić information content (AvgIpc) is 3.03. The Morgan fingerprint density at radius 1 is 1.03 bits per heavy atom. The number of ether oxygens (including phenoxy) is 1. The van der Waals surface area contributed by atoms with E-state index in [0.29, 0.717) is 36.7 Å². The quantitative estimate of drug-likeness (QED) is 0.564. The van der Waals surface area contributed by atoms with E-state index in [1.165, 1.54) is 40.7 Å². The summed E-state index contributed by atoms with van der Waals surface area (Å²) in [6, 6.07) is 8.59. The van der Waals surface area contributed by atoms with Crippen molar-refractivity contribution in [3.8, 4) is 0 Å². The van der Waals surface area contributed by atoms with Gasteiger partial charge in [0.2, 0.25) is 0 Å². The third-order valence-electron chi connectivity index (χ3n) is 5.60. The Kier molecular flexibility index (Phi) is 6.13. The molecule has 0 bridgehead atoms. The summed E-state index contributed by atoms with van der Waals surface area (Å²) in [6.07, 6.45) is 5.61. The van der Waals surface area contributed by atoms with Crippen LogP contribution in [0.2, 0.25) is 0 Å². The van der Waals surface area contributed by atoms with E-state index in [-0.39, 0.29) is 18.3 Å². The van der Waals surface area contributed by atoms with Gasteiger partial charge in [-0.25, -0.2) is 9.18 Å². The number of fused-ring (bicyclic) bond motifs is 1. The normalized spacial score (nSPS) is 16.9. The summed E-state index contributed by atoms with van der Waals surface area (Å²) in [5.41, 5.74) is 1.82. The summed E-state index contributed by atoms with van der Waals surface area (Å²) in [4.78, 5) is 30.3. The number of para-hydroxylation sites is 1. The molecular weight excluding hydrogens is 391 g/mol. The van der Waals surface area contributed by atoms with Crippen LogP contribution < -0.4 is 4.90 Å². The lowest BCUT2D eigenvalue weighted by Gasteiger charge is -2.36. The number of carbonyl (C=O) groups excluding carboxylic acids is 2. The van der Waals surface area contributed by atoms with Crippen LogP contribution in [0.1, 0.15) is 39.4 Å². The molecule has 0 unspecified atom stereocenters. The Balaban J connectivity index is 1.27. The predicted molar refractivity (Wildman–Crippen MR) is 111 cm³/mol. The van der Waals surface area contributed by atoms with E-state index in [9.17, 15) is 14.0 Å². The van der Waals surface area contributed by atoms with Gasteiger partial charge in [0.05, 0.1) is 5.69 Å². The van der Waals surface area contributed by atoms with Crippen molar-refractivity contribution < 1.29 is 18.7 Å². The van der Waals surface area contributed by atoms with Crippen molar-refractivity contribution in [1.82, 2.24) is 4.90 Å². The number of piperazine rings is 1. The zero-order chi connectivity index (χ0) is 20.2. The summed E-state index contributed by atoms with van der Waals surface area (Å²) in [5.74, 6) is -0.873. The topological polar surface area (TPSA) is 49.9 Å². The van der Waals surface area contributed by atoms with E-state index in [0.717, 1.165) is 19.3 Å². The van der Waals surface area contributed by atoms with Gasteiger partial charge >= 0.3 is 5.97 Å². The minimum atomic E-state index is -0.415. The molecule has 2 heterocycles. The van der Waals surface area contributed by atoms with E-state index in [4.69, 9.17) is 4.74 Å². The number of benzene rings is 1. The van der Waals surface area contributed by atoms with Crippen molar-refractivity contribution in [1.29, 1.82) is 0 Å². The van der Waals surface area contributed by atoms with Gasteiger partial charge in [0.1, 0.15) is 10.7 Å². The first-order chi connectivity index (χ1) is 14.1. The molecule has 0 saturated carbocycles. The monoisotopic (exact) mass is 416 g/mol. The first-order valence-corrected chi connectivity index (χ1v) is 11.0. The molecule has 4 rings (SSSR count). The molecule has 1 aromatic heterocycles. The number of nitrogens with zero attached hydrogens (tertiary/aromatic N) is 2. The molecule has 7 heteroatoms. The number of thiophene rings is 1. The summed E-state index contributed by atoms with van der Waals surface area (Å²) in [6.45, 7) is 1.83. The van der Waals surface area contributed by atoms with E-state index in [1.54, 1.807) is 23.1 Å². The molecule has 0 atom stereocenters. The molecule has 1 aliphatic heterocycles. The third kappa shape index (κ3) is 4.61. The lowest BCUT2D eigenvalue weighted by Crippen LogP contribution is -2.50. The minimum absolute atomic E-state index is 0.204. The van der Waals surface area contributed by atoms with Crippen LogP contribution in [0, 0.1) is 5.82 Å². The van der Waals surface area contributed by atoms with Crippen LogP contribution in [0.15, 0.2) is 30.3 Å². The highest BCUT2D eigenvalue weighted by molar-refractivity contribution is 7.14. The largest absolute Gasteiger partial charge is 0.451 e. The molecule has 1 amide bonds. The van der Waals surface area contributed by atoms with Crippen LogP contribution in [-0.2, 0) is 22.4 Å². The number of carbonyl (C=O) groups is 2. The van der Waals surface area contributed by atoms with Crippen LogP contribution in [0.3, 0.4) is 0 Å². The van der Waals surface area contributed by atoms with Gasteiger partial charge in [-0.1, -0.05) is 18.6 Å². The molecule has 5 nitrogen and oxygen atoms in total. The fourth-order valence-corrected chi connectivity index (χ4v) is 5.11. The van der Waals surface area contributed by atoms with E-state index in [2.05, 4.69) is 0 Å². The molecule has 2 aliphatic rings. The molecule has 0 radical (unpaired) electrons. The van der Waals surface area contributed by atoms with Gasteiger partial charge in [-0.2, -0.15) is 0 Å². The van der Waals surface area contributed by atoms with Gasteiger partial charge in [0.25, 0.3) is 5.91 Å². The number of amides is 1. The molecule has 29 heavy (non-hydrogen) atoms. The highest BCUT2D eigenvalue weighted by atomic mass is 32.1. The number of rotatable bonds is 4. The Morgan fingerprint density at radius 2 is 1.79 bits per heavy atom. The van der Waals surface area contributed by atoms with Crippen LogP contribution in [-0.4, -0.2) is 49.6 Å². The maximum absolute atomic E-state index is 13.9. The van der Waals surface area contributed by atoms with Crippen LogP contribution in [0.4, 0.5) is 10.1 Å². The highest BCUT2D eigenvalue weighted by Crippen LogP contribution is 2.29. The predicted octanol–water partition coefficient (Wildman–Crippen LogP) is 3.66. The van der Waals surface area contributed by atoms with Crippen molar-refractivity contribution in [3.63, 3.8) is 0 Å². The lowest BCUT2D eigenvalue weighted by atomic mass is 10.1. The summed E-state index contributed by atoms with van der Waals surface area (Å²) in [7, 11) is 0. The van der Waals surface area contributed by atoms with Crippen LogP contribution in [0.25, 0.3) is 0 Å². The summed E-state index contributed by atoms with van der Waals surface area (Å²) >= 11 is 1.50. The van der Waals surface area contributed by atoms with Crippen LogP contribution >= 0.6 is 11.3 Å². The Hall–Kier alpha value is -2.41. The van der Waals surface area contributed by atoms with Crippen molar-refractivity contribution in [2.75, 3.05) is 37.7 Å². The number of hydrogen-bond acceptors (Lipinski definition) is 5. The molecular formula is C22H25FN2O3S.